The molecule has 6 heteroatoms. The van der Waals surface area contributed by atoms with Crippen LogP contribution < -0.4 is 0 Å². The maximum absolute atomic E-state index is 11.7. The van der Waals surface area contributed by atoms with Gasteiger partial charge in [-0.15, -0.1) is 0 Å². The summed E-state index contributed by atoms with van der Waals surface area (Å²) in [5.74, 6) is 0. The van der Waals surface area contributed by atoms with Crippen LogP contribution in [0.15, 0.2) is 16.8 Å². The second kappa shape index (κ2) is 5.98. The quantitative estimate of drug-likeness (QED) is 0.757. The minimum atomic E-state index is -3.14. The standard InChI is InChI=1S/C9H14BrNO2S2/c1-2-4-11(15(12,13)8-10)6-9-3-5-14-7-9/h3,5,7H,2,4,6,8H2,1H3. The molecule has 0 aliphatic heterocycles. The van der Waals surface area contributed by atoms with Crippen molar-refractivity contribution >= 4 is 37.3 Å². The van der Waals surface area contributed by atoms with E-state index in [9.17, 15) is 8.42 Å². The van der Waals surface area contributed by atoms with E-state index in [1.807, 2.05) is 23.8 Å². The number of hydrogen-bond acceptors (Lipinski definition) is 3. The third kappa shape index (κ3) is 3.86. The Morgan fingerprint density at radius 1 is 1.53 bits per heavy atom. The van der Waals surface area contributed by atoms with Gasteiger partial charge < -0.3 is 0 Å². The van der Waals surface area contributed by atoms with Crippen LogP contribution >= 0.6 is 27.3 Å². The molecule has 0 unspecified atom stereocenters. The molecule has 0 radical (unpaired) electrons. The first-order valence-electron chi connectivity index (χ1n) is 4.65. The van der Waals surface area contributed by atoms with Crippen molar-refractivity contribution in [2.45, 2.75) is 19.9 Å². The molecule has 0 aliphatic carbocycles. The van der Waals surface area contributed by atoms with Gasteiger partial charge >= 0.3 is 0 Å². The van der Waals surface area contributed by atoms with Crippen LogP contribution in [0.2, 0.25) is 0 Å². The molecular weight excluding hydrogens is 298 g/mol. The summed E-state index contributed by atoms with van der Waals surface area (Å²) >= 11 is 4.60. The van der Waals surface area contributed by atoms with E-state index < -0.39 is 10.0 Å². The normalized spacial score (nSPS) is 12.2. The highest BCUT2D eigenvalue weighted by Crippen LogP contribution is 2.14. The average Bonchev–Trinajstić information content (AvgIpc) is 2.70. The fourth-order valence-electron chi connectivity index (χ4n) is 1.22. The van der Waals surface area contributed by atoms with Crippen molar-refractivity contribution in [3.63, 3.8) is 0 Å². The van der Waals surface area contributed by atoms with Gasteiger partial charge in [-0.1, -0.05) is 22.9 Å². The Hall–Kier alpha value is 0.0900. The van der Waals surface area contributed by atoms with Gasteiger partial charge in [0.25, 0.3) is 0 Å². The third-order valence-corrected chi connectivity index (χ3v) is 5.79. The van der Waals surface area contributed by atoms with E-state index >= 15 is 0 Å². The molecule has 0 bridgehead atoms. The molecule has 0 saturated carbocycles. The van der Waals surface area contributed by atoms with Crippen LogP contribution in [-0.2, 0) is 16.6 Å². The first-order chi connectivity index (χ1) is 7.10. The Bertz CT molecular complexity index is 375. The van der Waals surface area contributed by atoms with Crippen molar-refractivity contribution in [3.05, 3.63) is 22.4 Å². The molecule has 0 N–H and O–H groups in total. The number of nitrogens with zero attached hydrogens (tertiary/aromatic N) is 1. The van der Waals surface area contributed by atoms with Crippen molar-refractivity contribution < 1.29 is 8.42 Å². The monoisotopic (exact) mass is 311 g/mol. The molecule has 86 valence electrons. The first-order valence-corrected chi connectivity index (χ1v) is 8.32. The molecule has 1 heterocycles. The summed E-state index contributed by atoms with van der Waals surface area (Å²) < 4.78 is 24.9. The van der Waals surface area contributed by atoms with E-state index in [-0.39, 0.29) is 4.66 Å². The second-order valence-electron chi connectivity index (χ2n) is 3.19. The predicted octanol–water partition coefficient (Wildman–Crippen LogP) is 2.64. The van der Waals surface area contributed by atoms with E-state index in [2.05, 4.69) is 15.9 Å². The fourth-order valence-corrected chi connectivity index (χ4v) is 3.69. The molecule has 0 saturated heterocycles. The van der Waals surface area contributed by atoms with Crippen LogP contribution in [0.3, 0.4) is 0 Å². The average molecular weight is 312 g/mol. The van der Waals surface area contributed by atoms with E-state index in [0.29, 0.717) is 13.1 Å². The highest BCUT2D eigenvalue weighted by molar-refractivity contribution is 9.10. The van der Waals surface area contributed by atoms with Crippen LogP contribution in [0.4, 0.5) is 0 Å². The van der Waals surface area contributed by atoms with Crippen LogP contribution in [0, 0.1) is 0 Å². The molecule has 1 aromatic heterocycles. The molecule has 0 aromatic carbocycles. The van der Waals surface area contributed by atoms with Crippen molar-refractivity contribution in [2.75, 3.05) is 11.2 Å². The Labute approximate surface area is 103 Å². The van der Waals surface area contributed by atoms with E-state index in [1.54, 1.807) is 11.3 Å². The number of sulfonamides is 1. The maximum Gasteiger partial charge on any atom is 0.224 e. The van der Waals surface area contributed by atoms with Crippen LogP contribution in [0.5, 0.6) is 0 Å². The zero-order valence-corrected chi connectivity index (χ0v) is 11.7. The number of halogens is 1. The Morgan fingerprint density at radius 3 is 2.73 bits per heavy atom. The van der Waals surface area contributed by atoms with Crippen molar-refractivity contribution in [2.24, 2.45) is 0 Å². The summed E-state index contributed by atoms with van der Waals surface area (Å²) in [6.07, 6.45) is 0.830. The Morgan fingerprint density at radius 2 is 2.27 bits per heavy atom. The lowest BCUT2D eigenvalue weighted by molar-refractivity contribution is 0.409. The molecule has 0 aliphatic rings. The smallest absolute Gasteiger partial charge is 0.211 e. The Kier molecular flexibility index (Phi) is 5.25. The molecule has 1 rings (SSSR count). The van der Waals surface area contributed by atoms with Crippen molar-refractivity contribution in [1.82, 2.24) is 4.31 Å². The van der Waals surface area contributed by atoms with Gasteiger partial charge in [0.1, 0.15) is 4.66 Å². The van der Waals surface area contributed by atoms with Crippen LogP contribution in [-0.4, -0.2) is 23.9 Å². The summed E-state index contributed by atoms with van der Waals surface area (Å²) in [4.78, 5) is 0. The van der Waals surface area contributed by atoms with Gasteiger partial charge in [-0.05, 0) is 28.8 Å². The lowest BCUT2D eigenvalue weighted by Gasteiger charge is -2.19. The van der Waals surface area contributed by atoms with Crippen LogP contribution in [0.1, 0.15) is 18.9 Å². The van der Waals surface area contributed by atoms with Crippen molar-refractivity contribution in [3.8, 4) is 0 Å². The third-order valence-electron chi connectivity index (χ3n) is 1.94. The maximum atomic E-state index is 11.7. The van der Waals surface area contributed by atoms with E-state index in [4.69, 9.17) is 0 Å². The van der Waals surface area contributed by atoms with Gasteiger partial charge in [-0.3, -0.25) is 0 Å². The highest BCUT2D eigenvalue weighted by Gasteiger charge is 2.19. The molecular formula is C9H14BrNO2S2. The summed E-state index contributed by atoms with van der Waals surface area (Å²) in [5.41, 5.74) is 1.05. The largest absolute Gasteiger partial charge is 0.224 e. The van der Waals surface area contributed by atoms with Gasteiger partial charge in [-0.2, -0.15) is 15.6 Å². The summed E-state index contributed by atoms with van der Waals surface area (Å²) in [6, 6.07) is 1.96. The van der Waals surface area contributed by atoms with Gasteiger partial charge in [0.05, 0.1) is 0 Å². The van der Waals surface area contributed by atoms with E-state index in [0.717, 1.165) is 12.0 Å². The SMILES string of the molecule is CCCN(Cc1ccsc1)S(=O)(=O)CBr. The molecule has 3 nitrogen and oxygen atoms in total. The number of hydrogen-bond donors (Lipinski definition) is 0. The molecule has 0 atom stereocenters. The van der Waals surface area contributed by atoms with E-state index in [1.165, 1.54) is 4.31 Å². The second-order valence-corrected chi connectivity index (χ2v) is 7.24. The van der Waals surface area contributed by atoms with Gasteiger partial charge in [0, 0.05) is 13.1 Å². The zero-order valence-electron chi connectivity index (χ0n) is 8.52. The van der Waals surface area contributed by atoms with Gasteiger partial charge in [-0.25, -0.2) is 8.42 Å². The first kappa shape index (κ1) is 13.2. The number of thiophene rings is 1. The molecule has 0 spiro atoms. The lowest BCUT2D eigenvalue weighted by atomic mass is 10.3. The topological polar surface area (TPSA) is 37.4 Å². The number of alkyl halides is 1. The molecule has 0 amide bonds. The predicted molar refractivity (Wildman–Crippen MR) is 67.7 cm³/mol. The van der Waals surface area contributed by atoms with Crippen LogP contribution in [0.25, 0.3) is 0 Å². The van der Waals surface area contributed by atoms with Gasteiger partial charge in [0.15, 0.2) is 0 Å². The summed E-state index contributed by atoms with van der Waals surface area (Å²) in [6.45, 7) is 3.03. The van der Waals surface area contributed by atoms with Crippen molar-refractivity contribution in [1.29, 1.82) is 0 Å². The lowest BCUT2D eigenvalue weighted by Crippen LogP contribution is -2.31. The number of rotatable bonds is 6. The minimum Gasteiger partial charge on any atom is -0.211 e. The highest BCUT2D eigenvalue weighted by atomic mass is 79.9. The molecule has 15 heavy (non-hydrogen) atoms. The summed E-state index contributed by atoms with van der Waals surface area (Å²) in [5, 5.41) is 3.94. The fraction of sp³-hybridized carbons (Fsp3) is 0.556. The van der Waals surface area contributed by atoms with Gasteiger partial charge in [0.2, 0.25) is 10.0 Å². The zero-order chi connectivity index (χ0) is 11.3. The minimum absolute atomic E-state index is 0.00978. The molecule has 0 fully saturated rings. The summed E-state index contributed by atoms with van der Waals surface area (Å²) in [7, 11) is -3.14. The Balaban J connectivity index is 2.75. The molecule has 1 aromatic rings.